The Morgan fingerprint density at radius 2 is 1.91 bits per heavy atom. The van der Waals surface area contributed by atoms with Gasteiger partial charge in [0.15, 0.2) is 23.9 Å². The van der Waals surface area contributed by atoms with Gasteiger partial charge in [0.1, 0.15) is 11.3 Å². The van der Waals surface area contributed by atoms with Crippen LogP contribution in [0.1, 0.15) is 30.0 Å². The second kappa shape index (κ2) is 10.5. The van der Waals surface area contributed by atoms with Gasteiger partial charge in [-0.1, -0.05) is 11.6 Å². The van der Waals surface area contributed by atoms with Crippen LogP contribution in [0.3, 0.4) is 0 Å². The number of halogens is 1. The van der Waals surface area contributed by atoms with E-state index in [0.717, 1.165) is 5.39 Å². The fourth-order valence-corrected chi connectivity index (χ4v) is 3.08. The Morgan fingerprint density at radius 3 is 2.62 bits per heavy atom. The van der Waals surface area contributed by atoms with Crippen molar-refractivity contribution < 1.29 is 33.3 Å². The normalized spacial score (nSPS) is 11.0. The number of rotatable bonds is 10. The summed E-state index contributed by atoms with van der Waals surface area (Å²) in [7, 11) is 0. The Balaban J connectivity index is 1.72. The lowest BCUT2D eigenvalue weighted by molar-refractivity contribution is -0.139. The van der Waals surface area contributed by atoms with Crippen LogP contribution in [0.5, 0.6) is 17.2 Å². The zero-order chi connectivity index (χ0) is 23.1. The molecule has 1 heterocycles. The Morgan fingerprint density at radius 1 is 1.12 bits per heavy atom. The number of benzene rings is 2. The van der Waals surface area contributed by atoms with Gasteiger partial charge in [-0.15, -0.1) is 0 Å². The van der Waals surface area contributed by atoms with Gasteiger partial charge in [-0.25, -0.2) is 10.2 Å². The van der Waals surface area contributed by atoms with Crippen LogP contribution < -0.4 is 19.6 Å². The molecular formula is C22H21ClN2O7. The number of aliphatic carboxylic acids is 1. The van der Waals surface area contributed by atoms with E-state index in [2.05, 4.69) is 10.5 Å². The van der Waals surface area contributed by atoms with Gasteiger partial charge in [-0.3, -0.25) is 4.79 Å². The van der Waals surface area contributed by atoms with Crippen LogP contribution in [0, 0.1) is 0 Å². The number of fused-ring (bicyclic) bond motifs is 1. The number of carbonyl (C=O) groups is 2. The lowest BCUT2D eigenvalue weighted by Gasteiger charge is -2.13. The highest BCUT2D eigenvalue weighted by molar-refractivity contribution is 6.32. The topological polar surface area (TPSA) is 120 Å². The molecule has 9 nitrogen and oxygen atoms in total. The Hall–Kier alpha value is -3.72. The van der Waals surface area contributed by atoms with Crippen molar-refractivity contribution in [2.24, 2.45) is 5.10 Å². The molecule has 2 aromatic carbocycles. The van der Waals surface area contributed by atoms with Crippen LogP contribution in [0.2, 0.25) is 5.02 Å². The third kappa shape index (κ3) is 5.70. The molecular weight excluding hydrogens is 440 g/mol. The van der Waals surface area contributed by atoms with Crippen molar-refractivity contribution in [2.45, 2.75) is 13.8 Å². The van der Waals surface area contributed by atoms with E-state index in [1.54, 1.807) is 37.3 Å². The number of hydrogen-bond acceptors (Lipinski definition) is 7. The number of hydrazone groups is 1. The van der Waals surface area contributed by atoms with E-state index in [0.29, 0.717) is 30.1 Å². The minimum Gasteiger partial charge on any atom is -0.494 e. The first kappa shape index (κ1) is 23.0. The summed E-state index contributed by atoms with van der Waals surface area (Å²) in [5, 5.41) is 13.6. The van der Waals surface area contributed by atoms with Gasteiger partial charge >= 0.3 is 11.9 Å². The van der Waals surface area contributed by atoms with Crippen LogP contribution in [0.4, 0.5) is 0 Å². The summed E-state index contributed by atoms with van der Waals surface area (Å²) in [4.78, 5) is 23.1. The molecule has 1 aromatic heterocycles. The fraction of sp³-hybridized carbons (Fsp3) is 0.227. The molecule has 0 radical (unpaired) electrons. The fourth-order valence-electron chi connectivity index (χ4n) is 2.81. The third-order valence-electron chi connectivity index (χ3n) is 4.07. The van der Waals surface area contributed by atoms with Crippen LogP contribution in [-0.2, 0) is 4.79 Å². The van der Waals surface area contributed by atoms with E-state index in [1.165, 1.54) is 12.3 Å². The van der Waals surface area contributed by atoms with Crippen molar-refractivity contribution in [3.05, 3.63) is 52.7 Å². The molecule has 168 valence electrons. The second-order valence-corrected chi connectivity index (χ2v) is 6.80. The zero-order valence-electron chi connectivity index (χ0n) is 17.4. The molecule has 3 aromatic rings. The predicted octanol–water partition coefficient (Wildman–Crippen LogP) is 4.11. The van der Waals surface area contributed by atoms with Crippen molar-refractivity contribution in [1.29, 1.82) is 0 Å². The minimum absolute atomic E-state index is 0.0938. The van der Waals surface area contributed by atoms with E-state index in [4.69, 9.17) is 35.3 Å². The lowest BCUT2D eigenvalue weighted by Crippen LogP contribution is -2.16. The number of hydrogen-bond donors (Lipinski definition) is 2. The number of nitrogens with one attached hydrogen (secondary N) is 1. The second-order valence-electron chi connectivity index (χ2n) is 6.39. The zero-order valence-corrected chi connectivity index (χ0v) is 18.1. The average molecular weight is 461 g/mol. The highest BCUT2D eigenvalue weighted by Gasteiger charge is 2.15. The maximum absolute atomic E-state index is 12.4. The van der Waals surface area contributed by atoms with Crippen molar-refractivity contribution >= 4 is 40.7 Å². The molecule has 0 saturated heterocycles. The number of nitrogens with zero attached hydrogens (tertiary/aromatic N) is 1. The molecule has 32 heavy (non-hydrogen) atoms. The summed E-state index contributed by atoms with van der Waals surface area (Å²) < 4.78 is 21.7. The SMILES string of the molecule is CCOc1ccc2oc(C(=O)N/N=C/c3cc(Cl)c(OCC(=O)O)c(OCC)c3)cc2c1. The molecule has 0 saturated carbocycles. The molecule has 1 amide bonds. The van der Waals surface area contributed by atoms with Gasteiger partial charge in [0, 0.05) is 5.39 Å². The van der Waals surface area contributed by atoms with Gasteiger partial charge in [-0.2, -0.15) is 5.10 Å². The van der Waals surface area contributed by atoms with Crippen molar-refractivity contribution in [3.63, 3.8) is 0 Å². The largest absolute Gasteiger partial charge is 0.494 e. The van der Waals surface area contributed by atoms with E-state index in [-0.39, 0.29) is 22.3 Å². The molecule has 0 unspecified atom stereocenters. The van der Waals surface area contributed by atoms with Gasteiger partial charge in [0.2, 0.25) is 0 Å². The van der Waals surface area contributed by atoms with Crippen LogP contribution >= 0.6 is 11.6 Å². The number of carboxylic acid groups (broad SMARTS) is 1. The third-order valence-corrected chi connectivity index (χ3v) is 4.35. The number of ether oxygens (including phenoxy) is 3. The average Bonchev–Trinajstić information content (AvgIpc) is 3.17. The lowest BCUT2D eigenvalue weighted by atomic mass is 10.2. The van der Waals surface area contributed by atoms with Crippen molar-refractivity contribution in [2.75, 3.05) is 19.8 Å². The molecule has 0 bridgehead atoms. The van der Waals surface area contributed by atoms with Crippen LogP contribution in [0.15, 0.2) is 45.9 Å². The highest BCUT2D eigenvalue weighted by Crippen LogP contribution is 2.36. The minimum atomic E-state index is -1.14. The van der Waals surface area contributed by atoms with E-state index < -0.39 is 18.5 Å². The van der Waals surface area contributed by atoms with Gasteiger partial charge in [0.05, 0.1) is 24.5 Å². The maximum atomic E-state index is 12.4. The molecule has 3 rings (SSSR count). The molecule has 0 spiro atoms. The Kier molecular flexibility index (Phi) is 7.56. The molecule has 0 fully saturated rings. The summed E-state index contributed by atoms with van der Waals surface area (Å²) in [6.45, 7) is 3.94. The first-order valence-electron chi connectivity index (χ1n) is 9.72. The molecule has 10 heteroatoms. The van der Waals surface area contributed by atoms with Gasteiger partial charge in [0.25, 0.3) is 0 Å². The Bertz CT molecular complexity index is 1160. The molecule has 0 atom stereocenters. The number of amides is 1. The molecule has 0 aliphatic heterocycles. The van der Waals surface area contributed by atoms with E-state index in [9.17, 15) is 9.59 Å². The van der Waals surface area contributed by atoms with Gasteiger partial charge in [-0.05, 0) is 55.8 Å². The van der Waals surface area contributed by atoms with Crippen molar-refractivity contribution in [3.8, 4) is 17.2 Å². The maximum Gasteiger partial charge on any atom is 0.341 e. The van der Waals surface area contributed by atoms with Crippen molar-refractivity contribution in [1.82, 2.24) is 5.43 Å². The summed E-state index contributed by atoms with van der Waals surface area (Å²) in [6, 6.07) is 9.95. The predicted molar refractivity (Wildman–Crippen MR) is 118 cm³/mol. The van der Waals surface area contributed by atoms with E-state index >= 15 is 0 Å². The number of furan rings is 1. The standard InChI is InChI=1S/C22H21ClN2O7/c1-3-29-15-5-6-17-14(9-15)10-19(32-17)22(28)25-24-11-13-7-16(23)21(31-12-20(26)27)18(8-13)30-4-2/h5-11H,3-4,12H2,1-2H3,(H,25,28)(H,26,27)/b24-11+. The summed E-state index contributed by atoms with van der Waals surface area (Å²) in [5.74, 6) is -0.522. The highest BCUT2D eigenvalue weighted by atomic mass is 35.5. The molecule has 0 aliphatic carbocycles. The molecule has 0 aliphatic rings. The number of carboxylic acids is 1. The first-order chi connectivity index (χ1) is 15.4. The Labute approximate surface area is 188 Å². The first-order valence-corrected chi connectivity index (χ1v) is 10.1. The summed E-state index contributed by atoms with van der Waals surface area (Å²) >= 11 is 6.20. The summed E-state index contributed by atoms with van der Waals surface area (Å²) in [5.41, 5.74) is 3.44. The van der Waals surface area contributed by atoms with Gasteiger partial charge < -0.3 is 23.7 Å². The number of carbonyl (C=O) groups excluding carboxylic acids is 1. The van der Waals surface area contributed by atoms with E-state index in [1.807, 2.05) is 6.92 Å². The quantitative estimate of drug-likeness (QED) is 0.345. The van der Waals surface area contributed by atoms with Crippen LogP contribution in [-0.4, -0.2) is 43.0 Å². The van der Waals surface area contributed by atoms with Crippen LogP contribution in [0.25, 0.3) is 11.0 Å². The molecule has 2 N–H and O–H groups in total. The summed E-state index contributed by atoms with van der Waals surface area (Å²) in [6.07, 6.45) is 1.36. The monoisotopic (exact) mass is 460 g/mol. The smallest absolute Gasteiger partial charge is 0.341 e.